The van der Waals surface area contributed by atoms with Crippen molar-refractivity contribution in [2.24, 2.45) is 0 Å². The van der Waals surface area contributed by atoms with Crippen LogP contribution in [0.3, 0.4) is 0 Å². The van der Waals surface area contributed by atoms with E-state index in [-0.39, 0.29) is 6.15 Å². The molecule has 0 fully saturated rings. The van der Waals surface area contributed by atoms with E-state index in [2.05, 4.69) is 16.3 Å². The van der Waals surface area contributed by atoms with Gasteiger partial charge in [-0.1, -0.05) is 0 Å². The Hall–Kier alpha value is -0.610. The zero-order valence-corrected chi connectivity index (χ0v) is 5.07. The minimum absolute atomic E-state index is 0. The molecule has 0 radical (unpaired) electrons. The van der Waals surface area contributed by atoms with Crippen molar-refractivity contribution < 1.29 is 14.3 Å². The van der Waals surface area contributed by atoms with E-state index < -0.39 is 11.2 Å². The molecule has 0 aliphatic heterocycles. The third kappa shape index (κ3) is 3.58. The molecule has 48 valence electrons. The van der Waals surface area contributed by atoms with Crippen LogP contribution in [0.25, 0.3) is 0 Å². The Kier molecular flexibility index (Phi) is 5.90. The summed E-state index contributed by atoms with van der Waals surface area (Å²) in [5.41, 5.74) is 0. The van der Waals surface area contributed by atoms with Gasteiger partial charge >= 0.3 is 11.2 Å². The molecular formula is C3H6ClNO3. The van der Waals surface area contributed by atoms with Crippen molar-refractivity contribution in [1.29, 1.82) is 0 Å². The van der Waals surface area contributed by atoms with E-state index in [1.807, 2.05) is 0 Å². The van der Waals surface area contributed by atoms with Crippen LogP contribution in [-0.2, 0) is 14.3 Å². The van der Waals surface area contributed by atoms with Crippen molar-refractivity contribution in [2.45, 2.75) is 0 Å². The molecule has 0 unspecified atom stereocenters. The van der Waals surface area contributed by atoms with Crippen molar-refractivity contribution in [2.75, 3.05) is 7.11 Å². The molecule has 4 nitrogen and oxygen atoms in total. The molecule has 0 aromatic rings. The van der Waals surface area contributed by atoms with Gasteiger partial charge in [0.05, 0.1) is 7.11 Å². The smallest absolute Gasteiger partial charge is 0.391 e. The Labute approximate surface area is 51.3 Å². The highest BCUT2D eigenvalue weighted by Crippen LogP contribution is 1.80. The Bertz CT molecular complexity index is 103. The molecule has 0 saturated carbocycles. The van der Waals surface area contributed by atoms with Crippen molar-refractivity contribution in [1.82, 2.24) is 6.15 Å². The van der Waals surface area contributed by atoms with Crippen molar-refractivity contribution >= 4 is 22.8 Å². The predicted molar refractivity (Wildman–Crippen MR) is 27.9 cm³/mol. The standard InChI is InChI=1S/C3H3ClO3.H3N/c1-7-3(6)2(4)5;/h1H3;1H3. The molecule has 3 N–H and O–H groups in total. The SMILES string of the molecule is COC(=O)C(=O)Cl.N. The van der Waals surface area contributed by atoms with E-state index in [0.29, 0.717) is 0 Å². The molecule has 0 aromatic carbocycles. The van der Waals surface area contributed by atoms with E-state index in [0.717, 1.165) is 7.11 Å². The zero-order valence-electron chi connectivity index (χ0n) is 4.31. The molecule has 0 aromatic heterocycles. The van der Waals surface area contributed by atoms with Crippen LogP contribution in [0.1, 0.15) is 0 Å². The lowest BCUT2D eigenvalue weighted by molar-refractivity contribution is -0.148. The summed E-state index contributed by atoms with van der Waals surface area (Å²) < 4.78 is 3.89. The fourth-order valence-corrected chi connectivity index (χ4v) is 0.157. The lowest BCUT2D eigenvalue weighted by Crippen LogP contribution is -2.07. The van der Waals surface area contributed by atoms with Crippen LogP contribution in [0, 0.1) is 0 Å². The van der Waals surface area contributed by atoms with Gasteiger partial charge in [0.1, 0.15) is 0 Å². The van der Waals surface area contributed by atoms with Crippen LogP contribution >= 0.6 is 11.6 Å². The molecule has 0 bridgehead atoms. The quantitative estimate of drug-likeness (QED) is 0.317. The number of carbonyl (C=O) groups excluding carboxylic acids is 2. The number of esters is 1. The summed E-state index contributed by atoms with van der Waals surface area (Å²) >= 11 is 4.61. The van der Waals surface area contributed by atoms with E-state index in [1.165, 1.54) is 0 Å². The van der Waals surface area contributed by atoms with E-state index in [9.17, 15) is 9.59 Å². The van der Waals surface area contributed by atoms with Crippen LogP contribution in [0.5, 0.6) is 0 Å². The van der Waals surface area contributed by atoms with Gasteiger partial charge in [-0.15, -0.1) is 0 Å². The van der Waals surface area contributed by atoms with Gasteiger partial charge in [-0.25, -0.2) is 4.79 Å². The summed E-state index contributed by atoms with van der Waals surface area (Å²) in [5, 5.41) is -1.09. The molecule has 0 aliphatic rings. The molecule has 8 heavy (non-hydrogen) atoms. The molecule has 0 amide bonds. The molecule has 0 aliphatic carbocycles. The van der Waals surface area contributed by atoms with Crippen LogP contribution < -0.4 is 6.15 Å². The Morgan fingerprint density at radius 2 is 1.88 bits per heavy atom. The second kappa shape index (κ2) is 4.55. The number of carbonyl (C=O) groups is 2. The molecule has 0 heterocycles. The molecule has 5 heteroatoms. The summed E-state index contributed by atoms with van der Waals surface area (Å²) in [6, 6.07) is 0. The van der Waals surface area contributed by atoms with Crippen molar-refractivity contribution in [3.05, 3.63) is 0 Å². The first-order valence-corrected chi connectivity index (χ1v) is 1.84. The monoisotopic (exact) mass is 139 g/mol. The third-order valence-electron chi connectivity index (χ3n) is 0.346. The van der Waals surface area contributed by atoms with Gasteiger partial charge in [-0.2, -0.15) is 0 Å². The number of hydrogen-bond acceptors (Lipinski definition) is 4. The van der Waals surface area contributed by atoms with Crippen LogP contribution in [0.2, 0.25) is 0 Å². The Morgan fingerprint density at radius 1 is 1.50 bits per heavy atom. The second-order valence-corrected chi connectivity index (χ2v) is 1.11. The fraction of sp³-hybridized carbons (Fsp3) is 0.333. The average Bonchev–Trinajstić information content (AvgIpc) is 1.65. The van der Waals surface area contributed by atoms with Crippen molar-refractivity contribution in [3.63, 3.8) is 0 Å². The maximum absolute atomic E-state index is 9.81. The maximum atomic E-state index is 9.81. The Balaban J connectivity index is 0. The summed E-state index contributed by atoms with van der Waals surface area (Å²) in [4.78, 5) is 19.5. The third-order valence-corrected chi connectivity index (χ3v) is 0.500. The first-order valence-electron chi connectivity index (χ1n) is 1.46. The van der Waals surface area contributed by atoms with Gasteiger partial charge in [0.2, 0.25) is 0 Å². The van der Waals surface area contributed by atoms with Gasteiger partial charge in [-0.3, -0.25) is 4.79 Å². The van der Waals surface area contributed by atoms with Gasteiger partial charge in [0, 0.05) is 0 Å². The van der Waals surface area contributed by atoms with Crippen molar-refractivity contribution in [3.8, 4) is 0 Å². The fourth-order valence-electron chi connectivity index (χ4n) is 0.0802. The van der Waals surface area contributed by atoms with Gasteiger partial charge in [0.25, 0.3) is 0 Å². The topological polar surface area (TPSA) is 78.4 Å². The molecule has 0 saturated heterocycles. The highest BCUT2D eigenvalue weighted by Gasteiger charge is 2.07. The zero-order chi connectivity index (χ0) is 5.86. The number of methoxy groups -OCH3 is 1. The van der Waals surface area contributed by atoms with Crippen LogP contribution in [-0.4, -0.2) is 18.3 Å². The summed E-state index contributed by atoms with van der Waals surface area (Å²) in [6.45, 7) is 0. The summed E-state index contributed by atoms with van der Waals surface area (Å²) in [7, 11) is 1.09. The number of hydrogen-bond donors (Lipinski definition) is 1. The molecular weight excluding hydrogens is 133 g/mol. The first-order chi connectivity index (χ1) is 3.18. The van der Waals surface area contributed by atoms with Gasteiger partial charge < -0.3 is 10.9 Å². The van der Waals surface area contributed by atoms with Gasteiger partial charge in [-0.05, 0) is 11.6 Å². The van der Waals surface area contributed by atoms with Crippen LogP contribution in [0.4, 0.5) is 0 Å². The lowest BCUT2D eigenvalue weighted by Gasteiger charge is -1.84. The lowest BCUT2D eigenvalue weighted by atomic mass is 10.8. The first kappa shape index (κ1) is 10.4. The van der Waals surface area contributed by atoms with Gasteiger partial charge in [0.15, 0.2) is 0 Å². The number of rotatable bonds is 1. The molecule has 0 spiro atoms. The van der Waals surface area contributed by atoms with Crippen LogP contribution in [0.15, 0.2) is 0 Å². The minimum atomic E-state index is -1.09. The highest BCUT2D eigenvalue weighted by molar-refractivity contribution is 6.80. The number of ether oxygens (including phenoxy) is 1. The summed E-state index contributed by atoms with van der Waals surface area (Å²) in [6.07, 6.45) is 0. The Morgan fingerprint density at radius 3 is 1.88 bits per heavy atom. The number of halogens is 1. The van der Waals surface area contributed by atoms with E-state index in [1.54, 1.807) is 0 Å². The largest absolute Gasteiger partial charge is 0.462 e. The normalized spacial score (nSPS) is 6.75. The highest BCUT2D eigenvalue weighted by atomic mass is 35.5. The molecule has 0 atom stereocenters. The summed E-state index contributed by atoms with van der Waals surface area (Å²) in [5.74, 6) is -1.03. The minimum Gasteiger partial charge on any atom is -0.462 e. The maximum Gasteiger partial charge on any atom is 0.391 e. The predicted octanol–water partition coefficient (Wildman–Crippen LogP) is 0.0868. The van der Waals surface area contributed by atoms with E-state index in [4.69, 9.17) is 0 Å². The van der Waals surface area contributed by atoms with E-state index >= 15 is 0 Å². The second-order valence-electron chi connectivity index (χ2n) is 0.765. The molecule has 0 rings (SSSR count). The average molecular weight is 140 g/mol.